The number of carbonyl (C=O) groups excluding carboxylic acids is 1. The van der Waals surface area contributed by atoms with Crippen molar-refractivity contribution in [1.29, 1.82) is 0 Å². The van der Waals surface area contributed by atoms with Gasteiger partial charge in [0.25, 0.3) is 5.91 Å². The quantitative estimate of drug-likeness (QED) is 0.825. The molecule has 0 aliphatic carbocycles. The Hall–Kier alpha value is -2.56. The minimum atomic E-state index is -0.753. The molecular weight excluding hydrogens is 297 g/mol. The molecule has 0 unspecified atom stereocenters. The van der Waals surface area contributed by atoms with Crippen LogP contribution in [0.25, 0.3) is 0 Å². The summed E-state index contributed by atoms with van der Waals surface area (Å²) in [6, 6.07) is 13.0. The van der Waals surface area contributed by atoms with Gasteiger partial charge in [-0.2, -0.15) is 0 Å². The Morgan fingerprint density at radius 2 is 1.91 bits per heavy atom. The monoisotopic (exact) mass is 317 g/mol. The number of phenols is 1. The summed E-state index contributed by atoms with van der Waals surface area (Å²) < 4.78 is 19.0. The van der Waals surface area contributed by atoms with Crippen LogP contribution in [0.1, 0.15) is 18.9 Å². The molecular formula is C18H20FNO3. The summed E-state index contributed by atoms with van der Waals surface area (Å²) in [4.78, 5) is 12.1. The first-order valence-electron chi connectivity index (χ1n) is 7.57. The van der Waals surface area contributed by atoms with Crippen LogP contribution in [-0.4, -0.2) is 23.7 Å². The van der Waals surface area contributed by atoms with Gasteiger partial charge < -0.3 is 15.2 Å². The fourth-order valence-electron chi connectivity index (χ4n) is 2.17. The zero-order chi connectivity index (χ0) is 16.7. The Morgan fingerprint density at radius 1 is 1.22 bits per heavy atom. The van der Waals surface area contributed by atoms with Gasteiger partial charge in [0.05, 0.1) is 0 Å². The zero-order valence-corrected chi connectivity index (χ0v) is 13.0. The van der Waals surface area contributed by atoms with Crippen LogP contribution in [0.4, 0.5) is 4.39 Å². The molecule has 4 nitrogen and oxygen atoms in total. The highest BCUT2D eigenvalue weighted by Crippen LogP contribution is 2.18. The van der Waals surface area contributed by atoms with Crippen molar-refractivity contribution in [2.75, 3.05) is 6.54 Å². The first kappa shape index (κ1) is 16.8. The SMILES string of the molecule is CC[C@H](Oc1ccccc1F)C(=O)NCCc1ccccc1O. The second-order valence-electron chi connectivity index (χ2n) is 5.11. The lowest BCUT2D eigenvalue weighted by Crippen LogP contribution is -2.39. The number of hydrogen-bond acceptors (Lipinski definition) is 3. The molecule has 0 aromatic heterocycles. The highest BCUT2D eigenvalue weighted by molar-refractivity contribution is 5.81. The molecule has 0 saturated heterocycles. The molecule has 0 aliphatic rings. The molecule has 2 N–H and O–H groups in total. The van der Waals surface area contributed by atoms with Gasteiger partial charge in [0.1, 0.15) is 5.75 Å². The molecule has 0 saturated carbocycles. The summed E-state index contributed by atoms with van der Waals surface area (Å²) in [5, 5.41) is 12.4. The average Bonchev–Trinajstić information content (AvgIpc) is 2.55. The van der Waals surface area contributed by atoms with Crippen molar-refractivity contribution in [3.8, 4) is 11.5 Å². The van der Waals surface area contributed by atoms with E-state index < -0.39 is 11.9 Å². The first-order valence-corrected chi connectivity index (χ1v) is 7.57. The highest BCUT2D eigenvalue weighted by atomic mass is 19.1. The summed E-state index contributed by atoms with van der Waals surface area (Å²) in [7, 11) is 0. The molecule has 0 heterocycles. The molecule has 2 aromatic carbocycles. The summed E-state index contributed by atoms with van der Waals surface area (Å²) >= 11 is 0. The molecule has 5 heteroatoms. The number of rotatable bonds is 7. The fraction of sp³-hybridized carbons (Fsp3) is 0.278. The predicted molar refractivity (Wildman–Crippen MR) is 85.9 cm³/mol. The molecule has 122 valence electrons. The number of benzene rings is 2. The molecule has 23 heavy (non-hydrogen) atoms. The summed E-state index contributed by atoms with van der Waals surface area (Å²) in [6.07, 6.45) is 0.182. The van der Waals surface area contributed by atoms with Gasteiger partial charge in [0, 0.05) is 6.54 Å². The van der Waals surface area contributed by atoms with Gasteiger partial charge >= 0.3 is 0 Å². The number of aromatic hydroxyl groups is 1. The fourth-order valence-corrected chi connectivity index (χ4v) is 2.17. The van der Waals surface area contributed by atoms with Crippen molar-refractivity contribution in [1.82, 2.24) is 5.32 Å². The van der Waals surface area contributed by atoms with E-state index in [1.165, 1.54) is 12.1 Å². The Labute approximate surface area is 134 Å². The first-order chi connectivity index (χ1) is 11.1. The van der Waals surface area contributed by atoms with E-state index in [1.54, 1.807) is 37.3 Å². The predicted octanol–water partition coefficient (Wildman–Crippen LogP) is 3.05. The van der Waals surface area contributed by atoms with E-state index in [1.807, 2.05) is 6.07 Å². The summed E-state index contributed by atoms with van der Waals surface area (Å²) in [5.41, 5.74) is 0.760. The number of amides is 1. The molecule has 2 aromatic rings. The van der Waals surface area contributed by atoms with Crippen molar-refractivity contribution < 1.29 is 19.0 Å². The standard InChI is InChI=1S/C18H20FNO3/c1-2-16(23-17-10-6-4-8-14(17)19)18(22)20-12-11-13-7-3-5-9-15(13)21/h3-10,16,21H,2,11-12H2,1H3,(H,20,22)/t16-/m0/s1. The summed E-state index contributed by atoms with van der Waals surface area (Å²) in [6.45, 7) is 2.17. The van der Waals surface area contributed by atoms with Gasteiger partial charge in [-0.15, -0.1) is 0 Å². The van der Waals surface area contributed by atoms with E-state index >= 15 is 0 Å². The number of para-hydroxylation sites is 2. The molecule has 0 radical (unpaired) electrons. The van der Waals surface area contributed by atoms with E-state index in [0.29, 0.717) is 19.4 Å². The van der Waals surface area contributed by atoms with Crippen molar-refractivity contribution in [3.05, 3.63) is 59.9 Å². The van der Waals surface area contributed by atoms with Crippen molar-refractivity contribution in [2.45, 2.75) is 25.9 Å². The van der Waals surface area contributed by atoms with Crippen molar-refractivity contribution >= 4 is 5.91 Å². The maximum atomic E-state index is 13.6. The Bertz CT molecular complexity index is 660. The lowest BCUT2D eigenvalue weighted by atomic mass is 10.1. The number of phenolic OH excluding ortho intramolecular Hbond substituents is 1. The lowest BCUT2D eigenvalue weighted by molar-refractivity contribution is -0.128. The topological polar surface area (TPSA) is 58.6 Å². The molecule has 0 fully saturated rings. The van der Waals surface area contributed by atoms with Gasteiger partial charge in [0.2, 0.25) is 0 Å². The maximum absolute atomic E-state index is 13.6. The van der Waals surface area contributed by atoms with Crippen LogP contribution in [-0.2, 0) is 11.2 Å². The Kier molecular flexibility index (Phi) is 5.97. The zero-order valence-electron chi connectivity index (χ0n) is 13.0. The van der Waals surface area contributed by atoms with Crippen LogP contribution in [0.2, 0.25) is 0 Å². The summed E-state index contributed by atoms with van der Waals surface area (Å²) in [5.74, 6) is -0.522. The second kappa shape index (κ2) is 8.17. The molecule has 0 aliphatic heterocycles. The van der Waals surface area contributed by atoms with Crippen molar-refractivity contribution in [2.24, 2.45) is 0 Å². The van der Waals surface area contributed by atoms with Gasteiger partial charge in [-0.25, -0.2) is 4.39 Å². The molecule has 0 spiro atoms. The van der Waals surface area contributed by atoms with E-state index in [4.69, 9.17) is 4.74 Å². The smallest absolute Gasteiger partial charge is 0.261 e. The van der Waals surface area contributed by atoms with E-state index in [-0.39, 0.29) is 17.4 Å². The van der Waals surface area contributed by atoms with Crippen LogP contribution in [0.3, 0.4) is 0 Å². The number of ether oxygens (including phenoxy) is 1. The molecule has 2 rings (SSSR count). The number of carbonyl (C=O) groups is 1. The molecule has 0 bridgehead atoms. The Balaban J connectivity index is 1.88. The third kappa shape index (κ3) is 4.71. The van der Waals surface area contributed by atoms with Crippen molar-refractivity contribution in [3.63, 3.8) is 0 Å². The number of hydrogen-bond donors (Lipinski definition) is 2. The number of halogens is 1. The minimum absolute atomic E-state index is 0.0650. The third-order valence-electron chi connectivity index (χ3n) is 3.45. The second-order valence-corrected chi connectivity index (χ2v) is 5.11. The van der Waals surface area contributed by atoms with Gasteiger partial charge in [0.15, 0.2) is 17.7 Å². The minimum Gasteiger partial charge on any atom is -0.508 e. The Morgan fingerprint density at radius 3 is 2.61 bits per heavy atom. The van der Waals surface area contributed by atoms with Crippen LogP contribution >= 0.6 is 0 Å². The lowest BCUT2D eigenvalue weighted by Gasteiger charge is -2.17. The highest BCUT2D eigenvalue weighted by Gasteiger charge is 2.19. The van der Waals surface area contributed by atoms with E-state index in [2.05, 4.69) is 5.32 Å². The normalized spacial score (nSPS) is 11.7. The number of nitrogens with one attached hydrogen (secondary N) is 1. The van der Waals surface area contributed by atoms with Gasteiger partial charge in [-0.05, 0) is 36.6 Å². The van der Waals surface area contributed by atoms with Crippen LogP contribution in [0, 0.1) is 5.82 Å². The van der Waals surface area contributed by atoms with E-state index in [0.717, 1.165) is 5.56 Å². The largest absolute Gasteiger partial charge is 0.508 e. The molecule has 1 amide bonds. The van der Waals surface area contributed by atoms with E-state index in [9.17, 15) is 14.3 Å². The average molecular weight is 317 g/mol. The molecule has 1 atom stereocenters. The van der Waals surface area contributed by atoms with Gasteiger partial charge in [-0.1, -0.05) is 37.3 Å². The van der Waals surface area contributed by atoms with Crippen LogP contribution in [0.15, 0.2) is 48.5 Å². The van der Waals surface area contributed by atoms with Crippen LogP contribution in [0.5, 0.6) is 11.5 Å². The van der Waals surface area contributed by atoms with Gasteiger partial charge in [-0.3, -0.25) is 4.79 Å². The van der Waals surface area contributed by atoms with Crippen LogP contribution < -0.4 is 10.1 Å². The third-order valence-corrected chi connectivity index (χ3v) is 3.45. The maximum Gasteiger partial charge on any atom is 0.261 e.